The zero-order chi connectivity index (χ0) is 12.3. The lowest BCUT2D eigenvalue weighted by Crippen LogP contribution is -2.39. The summed E-state index contributed by atoms with van der Waals surface area (Å²) in [6, 6.07) is 9.40. The lowest BCUT2D eigenvalue weighted by molar-refractivity contribution is -0.750. The highest BCUT2D eigenvalue weighted by Crippen LogP contribution is 2.02. The molecule has 1 heterocycles. The summed E-state index contributed by atoms with van der Waals surface area (Å²) in [5.41, 5.74) is 0.872. The Morgan fingerprint density at radius 1 is 1.29 bits per heavy atom. The van der Waals surface area contributed by atoms with Gasteiger partial charge < -0.3 is 4.55 Å². The molecule has 6 nitrogen and oxygen atoms in total. The molecule has 0 aliphatic carbocycles. The van der Waals surface area contributed by atoms with Crippen LogP contribution in [0, 0.1) is 0 Å². The molecule has 1 aromatic heterocycles. The van der Waals surface area contributed by atoms with Crippen LogP contribution in [-0.2, 0) is 16.7 Å². The van der Waals surface area contributed by atoms with E-state index in [9.17, 15) is 13.0 Å². The molecule has 0 N–H and O–H groups in total. The fraction of sp³-hybridized carbons (Fsp3) is 0.200. The normalized spacial score (nSPS) is 11.6. The SMILES string of the molecule is O=S(=O)([O-])CC[n+]1ccn(-c2ccccc2)n1. The van der Waals surface area contributed by atoms with Gasteiger partial charge >= 0.3 is 0 Å². The lowest BCUT2D eigenvalue weighted by atomic mass is 10.3. The Morgan fingerprint density at radius 3 is 2.65 bits per heavy atom. The maximum atomic E-state index is 10.5. The molecule has 0 saturated carbocycles. The van der Waals surface area contributed by atoms with Crippen LogP contribution in [0.1, 0.15) is 0 Å². The smallest absolute Gasteiger partial charge is 0.161 e. The Bertz CT molecular complexity index is 592. The van der Waals surface area contributed by atoms with Crippen LogP contribution in [0.3, 0.4) is 0 Å². The monoisotopic (exact) mass is 253 g/mol. The number of aryl methyl sites for hydroxylation is 1. The number of hydrogen-bond donors (Lipinski definition) is 0. The molecule has 17 heavy (non-hydrogen) atoms. The minimum atomic E-state index is -4.20. The van der Waals surface area contributed by atoms with Crippen LogP contribution in [0.2, 0.25) is 0 Å². The van der Waals surface area contributed by atoms with E-state index in [4.69, 9.17) is 0 Å². The van der Waals surface area contributed by atoms with E-state index in [0.29, 0.717) is 0 Å². The van der Waals surface area contributed by atoms with Crippen molar-refractivity contribution < 1.29 is 17.7 Å². The van der Waals surface area contributed by atoms with E-state index in [-0.39, 0.29) is 6.54 Å². The zero-order valence-corrected chi connectivity index (χ0v) is 9.75. The number of aromatic nitrogens is 3. The third-order valence-electron chi connectivity index (χ3n) is 2.18. The summed E-state index contributed by atoms with van der Waals surface area (Å²) in [5.74, 6) is -0.455. The first-order valence-corrected chi connectivity index (χ1v) is 6.57. The Hall–Kier alpha value is -1.73. The molecule has 0 atom stereocenters. The third kappa shape index (κ3) is 3.36. The van der Waals surface area contributed by atoms with Crippen molar-refractivity contribution in [1.82, 2.24) is 9.90 Å². The number of para-hydroxylation sites is 1. The topological polar surface area (TPSA) is 78.9 Å². The molecule has 0 saturated heterocycles. The molecular formula is C10H11N3O3S. The molecule has 0 radical (unpaired) electrons. The van der Waals surface area contributed by atoms with Crippen LogP contribution in [0.5, 0.6) is 0 Å². The number of nitrogens with zero attached hydrogens (tertiary/aromatic N) is 3. The Labute approximate surface area is 98.9 Å². The highest BCUT2D eigenvalue weighted by atomic mass is 32.2. The summed E-state index contributed by atoms with van der Waals surface area (Å²) in [6.45, 7) is 0.0612. The van der Waals surface area contributed by atoms with Crippen molar-refractivity contribution in [1.29, 1.82) is 0 Å². The van der Waals surface area contributed by atoms with Crippen molar-refractivity contribution in [3.8, 4) is 5.69 Å². The van der Waals surface area contributed by atoms with Gasteiger partial charge in [0.2, 0.25) is 0 Å². The van der Waals surface area contributed by atoms with E-state index >= 15 is 0 Å². The zero-order valence-electron chi connectivity index (χ0n) is 8.93. The van der Waals surface area contributed by atoms with Crippen molar-refractivity contribution >= 4 is 10.1 Å². The van der Waals surface area contributed by atoms with Crippen LogP contribution < -0.4 is 4.68 Å². The van der Waals surface area contributed by atoms with Gasteiger partial charge in [-0.15, -0.1) is 9.36 Å². The first kappa shape index (κ1) is 11.7. The van der Waals surface area contributed by atoms with E-state index in [0.717, 1.165) is 5.69 Å². The molecular weight excluding hydrogens is 242 g/mol. The van der Waals surface area contributed by atoms with Crippen LogP contribution in [-0.4, -0.2) is 28.6 Å². The maximum Gasteiger partial charge on any atom is 0.161 e. The molecule has 0 spiro atoms. The molecule has 1 aromatic carbocycles. The molecule has 0 amide bonds. The van der Waals surface area contributed by atoms with Gasteiger partial charge in [-0.05, 0) is 12.1 Å². The summed E-state index contributed by atoms with van der Waals surface area (Å²) in [5, 5.41) is 4.11. The van der Waals surface area contributed by atoms with Crippen molar-refractivity contribution in [2.45, 2.75) is 6.54 Å². The van der Waals surface area contributed by atoms with E-state index in [1.54, 1.807) is 17.1 Å². The van der Waals surface area contributed by atoms with Crippen LogP contribution >= 0.6 is 0 Å². The number of rotatable bonds is 4. The fourth-order valence-electron chi connectivity index (χ4n) is 1.37. The standard InChI is InChI=1S/C10H11N3O3S/c14-17(15,16)9-8-12-6-7-13(11-12)10-4-2-1-3-5-10/h1-7H,8-9H2. The second kappa shape index (κ2) is 4.64. The van der Waals surface area contributed by atoms with Crippen molar-refractivity contribution in [3.05, 3.63) is 42.7 Å². The third-order valence-corrected chi connectivity index (χ3v) is 2.86. The average molecular weight is 253 g/mol. The first-order chi connectivity index (χ1) is 8.04. The van der Waals surface area contributed by atoms with E-state index in [1.807, 2.05) is 30.3 Å². The van der Waals surface area contributed by atoms with Gasteiger partial charge in [0, 0.05) is 0 Å². The maximum absolute atomic E-state index is 10.5. The van der Waals surface area contributed by atoms with Gasteiger partial charge in [0.1, 0.15) is 6.54 Å². The lowest BCUT2D eigenvalue weighted by Gasteiger charge is -2.02. The van der Waals surface area contributed by atoms with E-state index in [2.05, 4.69) is 5.21 Å². The Morgan fingerprint density at radius 2 is 2.00 bits per heavy atom. The second-order valence-corrected chi connectivity index (χ2v) is 5.02. The van der Waals surface area contributed by atoms with Gasteiger partial charge in [0.05, 0.1) is 21.1 Å². The van der Waals surface area contributed by atoms with Gasteiger partial charge in [-0.2, -0.15) is 0 Å². The fourth-order valence-corrected chi connectivity index (χ4v) is 1.78. The van der Waals surface area contributed by atoms with E-state index in [1.165, 1.54) is 4.68 Å². The van der Waals surface area contributed by atoms with Gasteiger partial charge in [-0.3, -0.25) is 0 Å². The van der Waals surface area contributed by atoms with Crippen molar-refractivity contribution in [2.24, 2.45) is 0 Å². The first-order valence-electron chi connectivity index (χ1n) is 4.99. The Kier molecular flexibility index (Phi) is 3.21. The minimum absolute atomic E-state index is 0.0612. The molecule has 0 aliphatic rings. The highest BCUT2D eigenvalue weighted by molar-refractivity contribution is 7.85. The molecule has 7 heteroatoms. The quantitative estimate of drug-likeness (QED) is 0.554. The number of hydrogen-bond acceptors (Lipinski definition) is 4. The summed E-state index contributed by atoms with van der Waals surface area (Å²) < 4.78 is 34.5. The summed E-state index contributed by atoms with van der Waals surface area (Å²) >= 11 is 0. The molecule has 90 valence electrons. The predicted molar refractivity (Wildman–Crippen MR) is 58.3 cm³/mol. The average Bonchev–Trinajstić information content (AvgIpc) is 2.75. The van der Waals surface area contributed by atoms with Crippen LogP contribution in [0.25, 0.3) is 5.69 Å². The van der Waals surface area contributed by atoms with Crippen molar-refractivity contribution in [2.75, 3.05) is 5.75 Å². The van der Waals surface area contributed by atoms with Gasteiger partial charge in [0.15, 0.2) is 18.1 Å². The predicted octanol–water partition coefficient (Wildman–Crippen LogP) is -0.295. The van der Waals surface area contributed by atoms with Gasteiger partial charge in [-0.25, -0.2) is 8.42 Å². The molecule has 0 bridgehead atoms. The van der Waals surface area contributed by atoms with Gasteiger partial charge in [-0.1, -0.05) is 18.2 Å². The molecule has 2 rings (SSSR count). The molecule has 2 aromatic rings. The summed E-state index contributed by atoms with van der Waals surface area (Å²) in [6.07, 6.45) is 3.32. The molecule has 0 aliphatic heterocycles. The van der Waals surface area contributed by atoms with Gasteiger partial charge in [0.25, 0.3) is 0 Å². The van der Waals surface area contributed by atoms with Crippen LogP contribution in [0.4, 0.5) is 0 Å². The highest BCUT2D eigenvalue weighted by Gasteiger charge is 2.08. The largest absolute Gasteiger partial charge is 0.748 e. The molecule has 0 unspecified atom stereocenters. The molecule has 0 fully saturated rings. The summed E-state index contributed by atoms with van der Waals surface area (Å²) in [4.78, 5) is 0. The summed E-state index contributed by atoms with van der Waals surface area (Å²) in [7, 11) is -4.20. The minimum Gasteiger partial charge on any atom is -0.748 e. The Balaban J connectivity index is 2.12. The van der Waals surface area contributed by atoms with Crippen LogP contribution in [0.15, 0.2) is 42.7 Å². The second-order valence-electron chi connectivity index (χ2n) is 3.49. The number of benzene rings is 1. The van der Waals surface area contributed by atoms with E-state index < -0.39 is 15.9 Å². The van der Waals surface area contributed by atoms with Crippen molar-refractivity contribution in [3.63, 3.8) is 0 Å².